The summed E-state index contributed by atoms with van der Waals surface area (Å²) in [5.41, 5.74) is 5.84. The van der Waals surface area contributed by atoms with Crippen LogP contribution in [0.2, 0.25) is 0 Å². The minimum atomic E-state index is -1.07. The van der Waals surface area contributed by atoms with Gasteiger partial charge in [-0.25, -0.2) is 9.59 Å². The molecule has 0 saturated heterocycles. The van der Waals surface area contributed by atoms with E-state index in [1.165, 1.54) is 9.47 Å². The van der Waals surface area contributed by atoms with Gasteiger partial charge in [-0.1, -0.05) is 38.5 Å². The van der Waals surface area contributed by atoms with Crippen molar-refractivity contribution in [2.75, 3.05) is 17.2 Å². The first-order valence-corrected chi connectivity index (χ1v) is 10.1. The molecule has 1 aromatic carbocycles. The van der Waals surface area contributed by atoms with Gasteiger partial charge in [0.25, 0.3) is 11.5 Å². The molecule has 1 aromatic heterocycles. The number of nitrogen functional groups attached to an aromatic ring is 1. The van der Waals surface area contributed by atoms with Crippen molar-refractivity contribution in [2.45, 2.75) is 52.2 Å². The van der Waals surface area contributed by atoms with E-state index in [2.05, 4.69) is 4.98 Å². The van der Waals surface area contributed by atoms with Crippen LogP contribution in [0.5, 0.6) is 0 Å². The number of rotatable bonds is 7. The molecule has 1 amide bonds. The van der Waals surface area contributed by atoms with Crippen LogP contribution in [0.4, 0.5) is 11.5 Å². The summed E-state index contributed by atoms with van der Waals surface area (Å²) >= 11 is 0. The van der Waals surface area contributed by atoms with Gasteiger partial charge in [0.1, 0.15) is 5.82 Å². The summed E-state index contributed by atoms with van der Waals surface area (Å²) < 4.78 is 6.63. The molecule has 9 heteroatoms. The second-order valence-electron chi connectivity index (χ2n) is 7.24. The quantitative estimate of drug-likeness (QED) is 0.660. The summed E-state index contributed by atoms with van der Waals surface area (Å²) in [5, 5.41) is 0. The van der Waals surface area contributed by atoms with E-state index in [9.17, 15) is 19.2 Å². The largest absolute Gasteiger partial charge is 0.448 e. The molecule has 0 aliphatic carbocycles. The van der Waals surface area contributed by atoms with Crippen LogP contribution < -0.4 is 21.9 Å². The molecule has 0 radical (unpaired) electrons. The molecule has 1 aliphatic rings. The molecule has 0 fully saturated rings. The first-order valence-electron chi connectivity index (χ1n) is 10.1. The van der Waals surface area contributed by atoms with Gasteiger partial charge >= 0.3 is 11.7 Å². The lowest BCUT2D eigenvalue weighted by molar-refractivity contribution is -0.127. The highest BCUT2D eigenvalue weighted by Gasteiger charge is 2.36. The van der Waals surface area contributed by atoms with Gasteiger partial charge in [-0.2, -0.15) is 0 Å². The predicted octanol–water partition coefficient (Wildman–Crippen LogP) is 1.44. The number of aromatic amines is 1. The van der Waals surface area contributed by atoms with E-state index >= 15 is 0 Å². The number of nitrogens with zero attached hydrogens (tertiary/aromatic N) is 2. The van der Waals surface area contributed by atoms with E-state index < -0.39 is 29.2 Å². The Morgan fingerprint density at radius 1 is 1.23 bits per heavy atom. The first-order chi connectivity index (χ1) is 14.4. The molecule has 2 aromatic rings. The van der Waals surface area contributed by atoms with Gasteiger partial charge in [-0.05, 0) is 24.5 Å². The maximum atomic E-state index is 13.4. The number of aromatic nitrogens is 2. The number of fused-ring (bicyclic) bond motifs is 1. The molecule has 9 nitrogen and oxygen atoms in total. The third-order valence-corrected chi connectivity index (χ3v) is 5.10. The number of nitrogens with two attached hydrogens (primary N) is 1. The molecule has 2 heterocycles. The number of unbranched alkanes of at least 4 members (excludes halogenated alkanes) is 1. The number of H-pyrrole nitrogens is 1. The summed E-state index contributed by atoms with van der Waals surface area (Å²) in [5.74, 6) is -1.19. The highest BCUT2D eigenvalue weighted by molar-refractivity contribution is 6.02. The highest BCUT2D eigenvalue weighted by Crippen LogP contribution is 2.25. The maximum Gasteiger partial charge on any atom is 0.339 e. The topological polar surface area (TPSA) is 127 Å². The highest BCUT2D eigenvalue weighted by atomic mass is 16.5. The number of benzene rings is 1. The van der Waals surface area contributed by atoms with E-state index in [1.807, 2.05) is 13.8 Å². The van der Waals surface area contributed by atoms with Gasteiger partial charge in [-0.15, -0.1) is 0 Å². The monoisotopic (exact) mass is 414 g/mol. The van der Waals surface area contributed by atoms with Gasteiger partial charge < -0.3 is 15.4 Å². The van der Waals surface area contributed by atoms with Gasteiger partial charge in [0, 0.05) is 19.5 Å². The number of esters is 1. The van der Waals surface area contributed by atoms with Crippen LogP contribution >= 0.6 is 0 Å². The predicted molar refractivity (Wildman–Crippen MR) is 113 cm³/mol. The Morgan fingerprint density at radius 3 is 2.67 bits per heavy atom. The van der Waals surface area contributed by atoms with Crippen LogP contribution in [0.15, 0.2) is 33.9 Å². The van der Waals surface area contributed by atoms with Crippen LogP contribution in [0, 0.1) is 0 Å². The Kier molecular flexibility index (Phi) is 6.39. The fourth-order valence-corrected chi connectivity index (χ4v) is 3.58. The van der Waals surface area contributed by atoms with Gasteiger partial charge in [0.2, 0.25) is 0 Å². The van der Waals surface area contributed by atoms with E-state index in [0.717, 1.165) is 6.42 Å². The molecule has 0 saturated carbocycles. The van der Waals surface area contributed by atoms with Crippen molar-refractivity contribution in [1.82, 2.24) is 9.55 Å². The Labute approximate surface area is 173 Å². The standard InChI is InChI=1S/C21H26N4O5/c1-3-5-11-24(16-17(22)25(10-4-2)21(29)23-18(16)26)19(27)15-12-13-8-6-7-9-14(13)20(28)30-15/h6-9,15H,3-5,10-12,22H2,1-2H3,(H,23,26,29)/t15-/m1/s1. The average molecular weight is 414 g/mol. The number of hydrogen-bond acceptors (Lipinski definition) is 6. The molecule has 1 aliphatic heterocycles. The number of amides is 1. The molecule has 0 unspecified atom stereocenters. The number of ether oxygens (including phenoxy) is 1. The Balaban J connectivity index is 2.03. The van der Waals surface area contributed by atoms with Crippen molar-refractivity contribution in [1.29, 1.82) is 0 Å². The molecule has 1 atom stereocenters. The first kappa shape index (κ1) is 21.4. The zero-order valence-electron chi connectivity index (χ0n) is 17.1. The molecule has 0 spiro atoms. The van der Waals surface area contributed by atoms with Crippen molar-refractivity contribution >= 4 is 23.4 Å². The molecular weight excluding hydrogens is 388 g/mol. The van der Waals surface area contributed by atoms with Crippen LogP contribution in [-0.4, -0.2) is 34.1 Å². The zero-order chi connectivity index (χ0) is 21.8. The fraction of sp³-hybridized carbons (Fsp3) is 0.429. The van der Waals surface area contributed by atoms with Crippen molar-refractivity contribution in [3.63, 3.8) is 0 Å². The average Bonchev–Trinajstić information content (AvgIpc) is 2.72. The Morgan fingerprint density at radius 2 is 1.97 bits per heavy atom. The van der Waals surface area contributed by atoms with E-state index in [0.29, 0.717) is 30.5 Å². The zero-order valence-corrected chi connectivity index (χ0v) is 17.1. The maximum absolute atomic E-state index is 13.4. The summed E-state index contributed by atoms with van der Waals surface area (Å²) in [6, 6.07) is 6.94. The van der Waals surface area contributed by atoms with Crippen LogP contribution in [-0.2, 0) is 22.5 Å². The summed E-state index contributed by atoms with van der Waals surface area (Å²) in [4.78, 5) is 54.0. The smallest absolute Gasteiger partial charge is 0.339 e. The Hall–Kier alpha value is -3.36. The normalized spacial score (nSPS) is 15.4. The number of hydrogen-bond donors (Lipinski definition) is 2. The number of cyclic esters (lactones) is 1. The minimum absolute atomic E-state index is 0.0717. The lowest BCUT2D eigenvalue weighted by Crippen LogP contribution is -2.48. The minimum Gasteiger partial charge on any atom is -0.448 e. The van der Waals surface area contributed by atoms with E-state index in [1.54, 1.807) is 24.3 Å². The molecule has 0 bridgehead atoms. The van der Waals surface area contributed by atoms with Gasteiger partial charge in [0.15, 0.2) is 11.8 Å². The molecule has 3 rings (SSSR count). The van der Waals surface area contributed by atoms with Crippen molar-refractivity contribution in [3.8, 4) is 0 Å². The molecule has 30 heavy (non-hydrogen) atoms. The second kappa shape index (κ2) is 8.98. The summed E-state index contributed by atoms with van der Waals surface area (Å²) in [6.07, 6.45) is 1.12. The van der Waals surface area contributed by atoms with E-state index in [4.69, 9.17) is 10.5 Å². The second-order valence-corrected chi connectivity index (χ2v) is 7.24. The SMILES string of the molecule is CCCCN(C(=O)[C@H]1Cc2ccccc2C(=O)O1)c1c(N)n(CCC)c(=O)[nH]c1=O. The Bertz CT molecular complexity index is 1070. The van der Waals surface area contributed by atoms with Gasteiger partial charge in [0.05, 0.1) is 5.56 Å². The number of carbonyl (C=O) groups excluding carboxylic acids is 2. The van der Waals surface area contributed by atoms with Crippen molar-refractivity contribution in [3.05, 3.63) is 56.2 Å². The number of anilines is 2. The summed E-state index contributed by atoms with van der Waals surface area (Å²) in [6.45, 7) is 4.33. The number of nitrogens with one attached hydrogen (secondary N) is 1. The lowest BCUT2D eigenvalue weighted by atomic mass is 9.98. The van der Waals surface area contributed by atoms with Crippen LogP contribution in [0.3, 0.4) is 0 Å². The van der Waals surface area contributed by atoms with Crippen LogP contribution in [0.1, 0.15) is 49.0 Å². The van der Waals surface area contributed by atoms with Crippen LogP contribution in [0.25, 0.3) is 0 Å². The molecule has 160 valence electrons. The van der Waals surface area contributed by atoms with Crippen molar-refractivity contribution in [2.24, 2.45) is 0 Å². The third-order valence-electron chi connectivity index (χ3n) is 5.10. The van der Waals surface area contributed by atoms with Crippen molar-refractivity contribution < 1.29 is 14.3 Å². The molecular formula is C21H26N4O5. The number of carbonyl (C=O) groups is 2. The van der Waals surface area contributed by atoms with Gasteiger partial charge in [-0.3, -0.25) is 19.1 Å². The third kappa shape index (κ3) is 4.00. The fourth-order valence-electron chi connectivity index (χ4n) is 3.58. The molecule has 3 N–H and O–H groups in total. The summed E-state index contributed by atoms with van der Waals surface area (Å²) in [7, 11) is 0. The van der Waals surface area contributed by atoms with E-state index in [-0.39, 0.29) is 24.5 Å². The lowest BCUT2D eigenvalue weighted by Gasteiger charge is -2.30.